The van der Waals surface area contributed by atoms with Crippen LogP contribution in [0.2, 0.25) is 0 Å². The third-order valence-corrected chi connectivity index (χ3v) is 8.85. The van der Waals surface area contributed by atoms with Gasteiger partial charge in [0.1, 0.15) is 0 Å². The van der Waals surface area contributed by atoms with E-state index in [1.165, 1.54) is 16.6 Å². The molecule has 1 unspecified atom stereocenters. The third-order valence-electron chi connectivity index (χ3n) is 5.33. The van der Waals surface area contributed by atoms with Crippen LogP contribution in [0, 0.1) is 19.8 Å². The van der Waals surface area contributed by atoms with Crippen molar-refractivity contribution in [2.75, 3.05) is 17.3 Å². The molecule has 160 valence electrons. The van der Waals surface area contributed by atoms with Crippen LogP contribution in [0.3, 0.4) is 0 Å². The second-order valence-corrected chi connectivity index (χ2v) is 11.8. The van der Waals surface area contributed by atoms with Crippen LogP contribution in [0.4, 0.5) is 0 Å². The molecule has 0 spiro atoms. The number of aryl methyl sites for hydroxylation is 1. The van der Waals surface area contributed by atoms with Crippen molar-refractivity contribution < 1.29 is 17.6 Å². The SMILES string of the molecule is Cc1cc(C(=O)CSc2nnc(CC3CCS(=O)(=O)C3)o2)c(C)n1Cc1cccs1. The summed E-state index contributed by atoms with van der Waals surface area (Å²) in [7, 11) is -2.92. The first-order valence-electron chi connectivity index (χ1n) is 9.68. The van der Waals surface area contributed by atoms with Gasteiger partial charge in [0.05, 0.1) is 23.8 Å². The number of thiophene rings is 1. The van der Waals surface area contributed by atoms with Crippen LogP contribution in [0.25, 0.3) is 0 Å². The number of ketones is 1. The Labute approximate surface area is 183 Å². The van der Waals surface area contributed by atoms with Crippen LogP contribution < -0.4 is 0 Å². The molecular formula is C20H23N3O4S3. The molecule has 0 aliphatic carbocycles. The van der Waals surface area contributed by atoms with E-state index in [0.29, 0.717) is 29.5 Å². The van der Waals surface area contributed by atoms with Crippen molar-refractivity contribution in [2.24, 2.45) is 5.92 Å². The average Bonchev–Trinajstić information content (AvgIpc) is 3.47. The van der Waals surface area contributed by atoms with Crippen LogP contribution in [0.1, 0.15) is 38.9 Å². The second kappa shape index (κ2) is 8.68. The fourth-order valence-corrected chi connectivity index (χ4v) is 6.97. The molecule has 1 aliphatic rings. The Morgan fingerprint density at radius 1 is 1.37 bits per heavy atom. The van der Waals surface area contributed by atoms with Gasteiger partial charge < -0.3 is 8.98 Å². The molecule has 0 amide bonds. The highest BCUT2D eigenvalue weighted by Gasteiger charge is 2.29. The van der Waals surface area contributed by atoms with Crippen LogP contribution >= 0.6 is 23.1 Å². The molecule has 3 aromatic rings. The van der Waals surface area contributed by atoms with E-state index >= 15 is 0 Å². The lowest BCUT2D eigenvalue weighted by atomic mass is 10.1. The Balaban J connectivity index is 1.36. The topological polar surface area (TPSA) is 95.1 Å². The van der Waals surface area contributed by atoms with Gasteiger partial charge in [-0.3, -0.25) is 4.79 Å². The molecule has 0 N–H and O–H groups in total. The summed E-state index contributed by atoms with van der Waals surface area (Å²) in [6.07, 6.45) is 1.09. The van der Waals surface area contributed by atoms with Crippen molar-refractivity contribution in [1.29, 1.82) is 0 Å². The summed E-state index contributed by atoms with van der Waals surface area (Å²) >= 11 is 2.92. The molecule has 1 aliphatic heterocycles. The van der Waals surface area contributed by atoms with Crippen molar-refractivity contribution in [3.8, 4) is 0 Å². The molecule has 7 nitrogen and oxygen atoms in total. The molecule has 4 heterocycles. The highest BCUT2D eigenvalue weighted by Crippen LogP contribution is 2.25. The molecule has 0 radical (unpaired) electrons. The molecule has 30 heavy (non-hydrogen) atoms. The summed E-state index contributed by atoms with van der Waals surface area (Å²) < 4.78 is 30.9. The number of carbonyl (C=O) groups excluding carboxylic acids is 1. The van der Waals surface area contributed by atoms with Gasteiger partial charge in [0.25, 0.3) is 5.22 Å². The van der Waals surface area contributed by atoms with Crippen molar-refractivity contribution in [2.45, 2.75) is 38.5 Å². The fraction of sp³-hybridized carbons (Fsp3) is 0.450. The number of carbonyl (C=O) groups is 1. The molecule has 3 aromatic heterocycles. The lowest BCUT2D eigenvalue weighted by Gasteiger charge is -2.08. The van der Waals surface area contributed by atoms with E-state index in [0.717, 1.165) is 17.9 Å². The Bertz CT molecular complexity index is 1150. The van der Waals surface area contributed by atoms with Gasteiger partial charge in [-0.1, -0.05) is 17.8 Å². The highest BCUT2D eigenvalue weighted by atomic mass is 32.2. The molecule has 4 rings (SSSR count). The Morgan fingerprint density at radius 2 is 2.20 bits per heavy atom. The van der Waals surface area contributed by atoms with E-state index in [1.54, 1.807) is 11.3 Å². The largest absolute Gasteiger partial charge is 0.416 e. The zero-order chi connectivity index (χ0) is 21.3. The smallest absolute Gasteiger partial charge is 0.277 e. The molecular weight excluding hydrogens is 442 g/mol. The Morgan fingerprint density at radius 3 is 2.90 bits per heavy atom. The van der Waals surface area contributed by atoms with Crippen LogP contribution in [0.15, 0.2) is 33.2 Å². The molecule has 1 atom stereocenters. The van der Waals surface area contributed by atoms with Gasteiger partial charge in [0.2, 0.25) is 5.89 Å². The number of aromatic nitrogens is 3. The van der Waals surface area contributed by atoms with Gasteiger partial charge in [-0.25, -0.2) is 8.42 Å². The van der Waals surface area contributed by atoms with E-state index in [1.807, 2.05) is 26.0 Å². The van der Waals surface area contributed by atoms with Gasteiger partial charge in [0, 0.05) is 28.2 Å². The molecule has 1 fully saturated rings. The first-order valence-corrected chi connectivity index (χ1v) is 13.4. The zero-order valence-corrected chi connectivity index (χ0v) is 19.3. The van der Waals surface area contributed by atoms with E-state index in [-0.39, 0.29) is 29.0 Å². The van der Waals surface area contributed by atoms with Crippen molar-refractivity contribution >= 4 is 38.7 Å². The van der Waals surface area contributed by atoms with Gasteiger partial charge in [-0.05, 0) is 43.7 Å². The van der Waals surface area contributed by atoms with Gasteiger partial charge in [-0.2, -0.15) is 0 Å². The maximum absolute atomic E-state index is 12.8. The van der Waals surface area contributed by atoms with Crippen molar-refractivity contribution in [3.63, 3.8) is 0 Å². The number of rotatable bonds is 8. The van der Waals surface area contributed by atoms with E-state index in [4.69, 9.17) is 4.42 Å². The average molecular weight is 466 g/mol. The molecule has 10 heteroatoms. The number of thioether (sulfide) groups is 1. The van der Waals surface area contributed by atoms with Crippen LogP contribution in [-0.4, -0.2) is 46.2 Å². The lowest BCUT2D eigenvalue weighted by molar-refractivity contribution is 0.102. The summed E-state index contributed by atoms with van der Waals surface area (Å²) in [5.74, 6) is 1.10. The summed E-state index contributed by atoms with van der Waals surface area (Å²) in [5.41, 5.74) is 2.73. The minimum absolute atomic E-state index is 0.0205. The molecule has 1 saturated heterocycles. The minimum atomic E-state index is -2.92. The molecule has 0 saturated carbocycles. The number of Topliss-reactive ketones (excluding diaryl/α,β-unsaturated/α-hetero) is 1. The van der Waals surface area contributed by atoms with Crippen molar-refractivity contribution in [3.05, 3.63) is 51.3 Å². The maximum Gasteiger partial charge on any atom is 0.277 e. The predicted molar refractivity (Wildman–Crippen MR) is 117 cm³/mol. The summed E-state index contributed by atoms with van der Waals surface area (Å²) in [6, 6.07) is 6.06. The maximum atomic E-state index is 12.8. The number of hydrogen-bond donors (Lipinski definition) is 0. The van der Waals surface area contributed by atoms with Crippen molar-refractivity contribution in [1.82, 2.24) is 14.8 Å². The summed E-state index contributed by atoms with van der Waals surface area (Å²) in [4.78, 5) is 14.0. The van der Waals surface area contributed by atoms with Crippen LogP contribution in [-0.2, 0) is 22.8 Å². The van der Waals surface area contributed by atoms with E-state index < -0.39 is 9.84 Å². The Kier molecular flexibility index (Phi) is 6.17. The van der Waals surface area contributed by atoms with E-state index in [2.05, 4.69) is 26.2 Å². The predicted octanol–water partition coefficient (Wildman–Crippen LogP) is 3.55. The monoisotopic (exact) mass is 465 g/mol. The summed E-state index contributed by atoms with van der Waals surface area (Å²) in [5, 5.41) is 10.4. The third kappa shape index (κ3) is 4.87. The van der Waals surface area contributed by atoms with Gasteiger partial charge >= 0.3 is 0 Å². The summed E-state index contributed by atoms with van der Waals surface area (Å²) in [6.45, 7) is 4.75. The zero-order valence-electron chi connectivity index (χ0n) is 16.8. The number of nitrogens with zero attached hydrogens (tertiary/aromatic N) is 3. The van der Waals surface area contributed by atoms with Crippen LogP contribution in [0.5, 0.6) is 0 Å². The lowest BCUT2D eigenvalue weighted by Crippen LogP contribution is -2.07. The normalized spacial score (nSPS) is 18.1. The molecule has 0 bridgehead atoms. The van der Waals surface area contributed by atoms with Gasteiger partial charge in [-0.15, -0.1) is 21.5 Å². The second-order valence-electron chi connectivity index (χ2n) is 7.60. The minimum Gasteiger partial charge on any atom is -0.416 e. The first kappa shape index (κ1) is 21.3. The first-order chi connectivity index (χ1) is 14.3. The van der Waals surface area contributed by atoms with E-state index in [9.17, 15) is 13.2 Å². The fourth-order valence-electron chi connectivity index (χ4n) is 3.75. The quantitative estimate of drug-likeness (QED) is 0.371. The molecule has 0 aromatic carbocycles. The standard InChI is InChI=1S/C20H23N3O4S3/c1-13-8-17(14(2)23(13)10-16-4-3-6-28-16)18(24)11-29-20-22-21-19(27-20)9-15-5-7-30(25,26)12-15/h3-4,6,8,15H,5,7,9-12H2,1-2H3. The number of sulfone groups is 1. The Hall–Kier alpha value is -1.91. The highest BCUT2D eigenvalue weighted by molar-refractivity contribution is 7.99. The number of hydrogen-bond acceptors (Lipinski definition) is 8. The van der Waals surface area contributed by atoms with Gasteiger partial charge in [0.15, 0.2) is 15.6 Å².